The summed E-state index contributed by atoms with van der Waals surface area (Å²) in [6.07, 6.45) is 5.74. The first-order valence-electron chi connectivity index (χ1n) is 8.20. The van der Waals surface area contributed by atoms with Crippen LogP contribution in [0.3, 0.4) is 0 Å². The zero-order valence-corrected chi connectivity index (χ0v) is 13.8. The second kappa shape index (κ2) is 6.07. The molecule has 0 radical (unpaired) electrons. The van der Waals surface area contributed by atoms with Crippen LogP contribution in [-0.2, 0) is 0 Å². The van der Waals surface area contributed by atoms with Gasteiger partial charge in [0.25, 0.3) is 0 Å². The first-order valence-corrected chi connectivity index (χ1v) is 8.20. The molecule has 24 heavy (non-hydrogen) atoms. The summed E-state index contributed by atoms with van der Waals surface area (Å²) in [6.45, 7) is 3.19. The van der Waals surface area contributed by atoms with Gasteiger partial charge in [-0.1, -0.05) is 25.1 Å². The van der Waals surface area contributed by atoms with E-state index in [0.717, 1.165) is 24.5 Å². The van der Waals surface area contributed by atoms with Gasteiger partial charge in [0.1, 0.15) is 5.75 Å². The van der Waals surface area contributed by atoms with Crippen molar-refractivity contribution in [3.63, 3.8) is 0 Å². The normalized spacial score (nSPS) is 21.2. The Morgan fingerprint density at radius 2 is 2.08 bits per heavy atom. The van der Waals surface area contributed by atoms with E-state index < -0.39 is 0 Å². The second-order valence-corrected chi connectivity index (χ2v) is 6.29. The zero-order valence-electron chi connectivity index (χ0n) is 13.8. The third-order valence-electron chi connectivity index (χ3n) is 4.68. The van der Waals surface area contributed by atoms with Crippen molar-refractivity contribution in [1.82, 2.24) is 25.0 Å². The average Bonchev–Trinajstić information content (AvgIpc) is 3.10. The van der Waals surface area contributed by atoms with E-state index in [1.807, 2.05) is 12.1 Å². The summed E-state index contributed by atoms with van der Waals surface area (Å²) < 4.78 is 7.26. The first kappa shape index (κ1) is 14.9. The maximum absolute atomic E-state index is 5.59. The summed E-state index contributed by atoms with van der Waals surface area (Å²) in [5, 5.41) is 11.9. The molecule has 1 fully saturated rings. The number of fused-ring (bicyclic) bond motifs is 1. The fraction of sp³-hybridized carbons (Fsp3) is 0.412. The highest BCUT2D eigenvalue weighted by molar-refractivity contribution is 5.64. The van der Waals surface area contributed by atoms with Crippen LogP contribution in [0, 0.1) is 5.92 Å². The van der Waals surface area contributed by atoms with Crippen molar-refractivity contribution < 1.29 is 4.74 Å². The van der Waals surface area contributed by atoms with Crippen molar-refractivity contribution in [3.8, 4) is 5.75 Å². The predicted molar refractivity (Wildman–Crippen MR) is 90.1 cm³/mol. The van der Waals surface area contributed by atoms with Gasteiger partial charge in [0, 0.05) is 18.3 Å². The summed E-state index contributed by atoms with van der Waals surface area (Å²) in [5.41, 5.74) is 1.87. The monoisotopic (exact) mass is 324 g/mol. The Hall–Kier alpha value is -2.70. The Balaban J connectivity index is 1.82. The maximum atomic E-state index is 5.59. The fourth-order valence-electron chi connectivity index (χ4n) is 3.52. The van der Waals surface area contributed by atoms with Crippen molar-refractivity contribution in [1.29, 1.82) is 0 Å². The van der Waals surface area contributed by atoms with Crippen LogP contribution in [0.1, 0.15) is 31.4 Å². The molecule has 7 nitrogen and oxygen atoms in total. The zero-order chi connectivity index (χ0) is 16.5. The Labute approximate surface area is 140 Å². The third kappa shape index (κ3) is 2.46. The number of tetrazole rings is 1. The number of ether oxygens (including phenoxy) is 1. The molecule has 3 heterocycles. The van der Waals surface area contributed by atoms with E-state index in [0.29, 0.717) is 11.6 Å². The van der Waals surface area contributed by atoms with Crippen molar-refractivity contribution in [2.24, 2.45) is 5.92 Å². The number of para-hydroxylation sites is 1. The molecule has 1 aromatic carbocycles. The molecule has 2 aromatic heterocycles. The van der Waals surface area contributed by atoms with Gasteiger partial charge in [-0.2, -0.15) is 4.52 Å². The number of piperidine rings is 1. The maximum Gasteiger partial charge on any atom is 0.222 e. The average molecular weight is 324 g/mol. The van der Waals surface area contributed by atoms with Crippen LogP contribution in [0.5, 0.6) is 5.75 Å². The van der Waals surface area contributed by atoms with Crippen LogP contribution in [0.15, 0.2) is 36.7 Å². The molecular formula is C17H20N6O. The van der Waals surface area contributed by atoms with Crippen LogP contribution in [0.2, 0.25) is 0 Å². The van der Waals surface area contributed by atoms with Crippen LogP contribution in [-0.4, -0.2) is 38.7 Å². The molecule has 2 atom stereocenters. The predicted octanol–water partition coefficient (Wildman–Crippen LogP) is 2.51. The van der Waals surface area contributed by atoms with Gasteiger partial charge in [-0.25, -0.2) is 4.98 Å². The molecule has 0 N–H and O–H groups in total. The third-order valence-corrected chi connectivity index (χ3v) is 4.68. The topological polar surface area (TPSA) is 68.4 Å². The minimum atomic E-state index is 0.202. The highest BCUT2D eigenvalue weighted by atomic mass is 16.5. The lowest BCUT2D eigenvalue weighted by Crippen LogP contribution is -2.38. The summed E-state index contributed by atoms with van der Waals surface area (Å²) in [7, 11) is 1.72. The van der Waals surface area contributed by atoms with Gasteiger partial charge in [-0.3, -0.25) is 0 Å². The van der Waals surface area contributed by atoms with Gasteiger partial charge in [0.05, 0.1) is 19.3 Å². The SMILES string of the molecule is COc1ccccc1[C@@H]1CC[C@H](C)CN1c1nccn2nnnc12. The minimum absolute atomic E-state index is 0.202. The highest BCUT2D eigenvalue weighted by Crippen LogP contribution is 2.40. The number of rotatable bonds is 3. The van der Waals surface area contributed by atoms with E-state index >= 15 is 0 Å². The van der Waals surface area contributed by atoms with Crippen LogP contribution in [0.4, 0.5) is 5.82 Å². The Kier molecular flexibility index (Phi) is 3.76. The lowest BCUT2D eigenvalue weighted by molar-refractivity contribution is 0.360. The van der Waals surface area contributed by atoms with Gasteiger partial charge in [0.2, 0.25) is 5.65 Å². The quantitative estimate of drug-likeness (QED) is 0.737. The van der Waals surface area contributed by atoms with Crippen molar-refractivity contribution in [2.75, 3.05) is 18.6 Å². The molecule has 0 unspecified atom stereocenters. The standard InChI is InChI=1S/C17H20N6O/c1-12-7-8-14(13-5-3-4-6-15(13)24-2)22(11-12)16-17-19-20-21-23(17)10-9-18-16/h3-6,9-10,12,14H,7-8,11H2,1-2H3/t12-,14-/m0/s1. The molecule has 1 aliphatic rings. The van der Waals surface area contributed by atoms with Gasteiger partial charge < -0.3 is 9.64 Å². The largest absolute Gasteiger partial charge is 0.496 e. The molecule has 0 spiro atoms. The molecule has 4 rings (SSSR count). The van der Waals surface area contributed by atoms with Crippen LogP contribution in [0.25, 0.3) is 5.65 Å². The van der Waals surface area contributed by atoms with Gasteiger partial charge in [-0.15, -0.1) is 5.10 Å². The van der Waals surface area contributed by atoms with E-state index in [1.165, 1.54) is 12.0 Å². The molecule has 1 aliphatic heterocycles. The number of hydrogen-bond acceptors (Lipinski definition) is 6. The number of aromatic nitrogens is 5. The molecule has 3 aromatic rings. The number of anilines is 1. The van der Waals surface area contributed by atoms with Crippen molar-refractivity contribution in [2.45, 2.75) is 25.8 Å². The van der Waals surface area contributed by atoms with E-state index in [2.05, 4.69) is 44.5 Å². The molecule has 124 valence electrons. The Morgan fingerprint density at radius 3 is 2.96 bits per heavy atom. The van der Waals surface area contributed by atoms with Crippen LogP contribution < -0.4 is 9.64 Å². The lowest BCUT2D eigenvalue weighted by Gasteiger charge is -2.40. The summed E-state index contributed by atoms with van der Waals surface area (Å²) in [6, 6.07) is 8.40. The van der Waals surface area contributed by atoms with Crippen molar-refractivity contribution >= 4 is 11.5 Å². The fourth-order valence-corrected chi connectivity index (χ4v) is 3.52. The number of methoxy groups -OCH3 is 1. The second-order valence-electron chi connectivity index (χ2n) is 6.29. The molecule has 1 saturated heterocycles. The Bertz CT molecular complexity index is 848. The van der Waals surface area contributed by atoms with E-state index in [1.54, 1.807) is 24.0 Å². The molecule has 0 saturated carbocycles. The van der Waals surface area contributed by atoms with E-state index in [-0.39, 0.29) is 6.04 Å². The van der Waals surface area contributed by atoms with E-state index in [9.17, 15) is 0 Å². The Morgan fingerprint density at radius 1 is 1.21 bits per heavy atom. The first-order chi connectivity index (χ1) is 11.8. The molecule has 0 bridgehead atoms. The molecule has 0 amide bonds. The number of nitrogens with zero attached hydrogens (tertiary/aromatic N) is 6. The van der Waals surface area contributed by atoms with Gasteiger partial charge in [-0.05, 0) is 35.3 Å². The lowest BCUT2D eigenvalue weighted by atomic mass is 9.89. The highest BCUT2D eigenvalue weighted by Gasteiger charge is 2.31. The number of hydrogen-bond donors (Lipinski definition) is 0. The van der Waals surface area contributed by atoms with E-state index in [4.69, 9.17) is 4.74 Å². The summed E-state index contributed by atoms with van der Waals surface area (Å²) in [4.78, 5) is 6.91. The van der Waals surface area contributed by atoms with Crippen molar-refractivity contribution in [3.05, 3.63) is 42.2 Å². The molecule has 7 heteroatoms. The molecule has 0 aliphatic carbocycles. The smallest absolute Gasteiger partial charge is 0.222 e. The minimum Gasteiger partial charge on any atom is -0.496 e. The van der Waals surface area contributed by atoms with Gasteiger partial charge in [0.15, 0.2) is 5.82 Å². The molecular weight excluding hydrogens is 304 g/mol. The van der Waals surface area contributed by atoms with Crippen LogP contribution >= 0.6 is 0 Å². The summed E-state index contributed by atoms with van der Waals surface area (Å²) in [5.74, 6) is 2.33. The number of benzene rings is 1. The summed E-state index contributed by atoms with van der Waals surface area (Å²) >= 11 is 0. The van der Waals surface area contributed by atoms with Gasteiger partial charge >= 0.3 is 0 Å².